The molecule has 0 radical (unpaired) electrons. The lowest BCUT2D eigenvalue weighted by Crippen LogP contribution is -2.57. The normalized spacial score (nSPS) is 22.7. The molecule has 0 saturated carbocycles. The molecule has 1 aromatic carbocycles. The van der Waals surface area contributed by atoms with Crippen molar-refractivity contribution in [1.82, 2.24) is 10.2 Å². The number of hydrogen-bond donors (Lipinski definition) is 1. The van der Waals surface area contributed by atoms with E-state index in [9.17, 15) is 8.42 Å². The molecule has 0 spiro atoms. The molecule has 1 N–H and O–H groups in total. The van der Waals surface area contributed by atoms with Crippen molar-refractivity contribution in [3.63, 3.8) is 0 Å². The van der Waals surface area contributed by atoms with E-state index in [1.165, 1.54) is 11.1 Å². The van der Waals surface area contributed by atoms with Gasteiger partial charge in [-0.05, 0) is 50.7 Å². The average molecular weight is 364 g/mol. The third-order valence-corrected chi connectivity index (χ3v) is 7.85. The number of guanidine groups is 1. The Morgan fingerprint density at radius 1 is 1.28 bits per heavy atom. The van der Waals surface area contributed by atoms with Crippen LogP contribution in [0.2, 0.25) is 0 Å². The van der Waals surface area contributed by atoms with Gasteiger partial charge in [0.25, 0.3) is 0 Å². The number of nitrogens with zero attached hydrogens (tertiary/aromatic N) is 2. The Morgan fingerprint density at radius 3 is 2.48 bits per heavy atom. The van der Waals surface area contributed by atoms with Crippen LogP contribution in [0.5, 0.6) is 0 Å². The zero-order chi connectivity index (χ0) is 18.1. The summed E-state index contributed by atoms with van der Waals surface area (Å²) < 4.78 is 23.7. The average Bonchev–Trinajstić information content (AvgIpc) is 2.97. The zero-order valence-electron chi connectivity index (χ0n) is 15.5. The first-order chi connectivity index (χ1) is 11.8. The van der Waals surface area contributed by atoms with Crippen LogP contribution in [0.15, 0.2) is 29.3 Å². The van der Waals surface area contributed by atoms with E-state index in [-0.39, 0.29) is 5.75 Å². The zero-order valence-corrected chi connectivity index (χ0v) is 16.3. The standard InChI is InChI=1S/C19H29N3O2S/c1-4-20-18(22-9-10-25(23,24)19(2,3)14-22)21-13-15-11-16-7-5-6-8-17(16)12-15/h5-8,15H,4,9-14H2,1-3H3,(H,20,21). The summed E-state index contributed by atoms with van der Waals surface area (Å²) in [7, 11) is -3.03. The predicted molar refractivity (Wildman–Crippen MR) is 103 cm³/mol. The van der Waals surface area contributed by atoms with Crippen molar-refractivity contribution < 1.29 is 8.42 Å². The molecule has 1 aromatic rings. The second-order valence-corrected chi connectivity index (χ2v) is 10.5. The second kappa shape index (κ2) is 6.98. The minimum absolute atomic E-state index is 0.194. The molecule has 1 heterocycles. The van der Waals surface area contributed by atoms with Crippen LogP contribution in [-0.4, -0.2) is 56.0 Å². The molecule has 1 aliphatic heterocycles. The van der Waals surface area contributed by atoms with Gasteiger partial charge in [0.15, 0.2) is 15.8 Å². The largest absolute Gasteiger partial charge is 0.357 e. The lowest BCUT2D eigenvalue weighted by molar-refractivity contribution is 0.352. The van der Waals surface area contributed by atoms with E-state index in [4.69, 9.17) is 4.99 Å². The lowest BCUT2D eigenvalue weighted by Gasteiger charge is -2.39. The highest BCUT2D eigenvalue weighted by Crippen LogP contribution is 2.27. The van der Waals surface area contributed by atoms with Gasteiger partial charge in [0.05, 0.1) is 10.5 Å². The third kappa shape index (κ3) is 3.84. The van der Waals surface area contributed by atoms with E-state index in [0.29, 0.717) is 19.0 Å². The fourth-order valence-electron chi connectivity index (χ4n) is 3.74. The van der Waals surface area contributed by atoms with Gasteiger partial charge in [-0.15, -0.1) is 0 Å². The number of nitrogens with one attached hydrogen (secondary N) is 1. The topological polar surface area (TPSA) is 61.8 Å². The van der Waals surface area contributed by atoms with Crippen LogP contribution < -0.4 is 5.32 Å². The molecule has 0 bridgehead atoms. The third-order valence-electron chi connectivity index (χ3n) is 5.31. The van der Waals surface area contributed by atoms with Crippen molar-refractivity contribution in [2.45, 2.75) is 38.4 Å². The number of rotatable bonds is 3. The SMILES string of the molecule is CCNC(=NCC1Cc2ccccc2C1)N1CCS(=O)(=O)C(C)(C)C1. The van der Waals surface area contributed by atoms with Crippen LogP contribution in [-0.2, 0) is 22.7 Å². The van der Waals surface area contributed by atoms with Crippen molar-refractivity contribution in [3.05, 3.63) is 35.4 Å². The van der Waals surface area contributed by atoms with Crippen LogP contribution in [0.3, 0.4) is 0 Å². The molecule has 0 aromatic heterocycles. The number of fused-ring (bicyclic) bond motifs is 1. The van der Waals surface area contributed by atoms with E-state index in [0.717, 1.165) is 31.9 Å². The highest BCUT2D eigenvalue weighted by molar-refractivity contribution is 7.92. The summed E-state index contributed by atoms with van der Waals surface area (Å²) in [4.78, 5) is 6.96. The molecule has 2 aliphatic rings. The molecule has 0 atom stereocenters. The monoisotopic (exact) mass is 363 g/mol. The Bertz CT molecular complexity index is 731. The molecule has 0 amide bonds. The highest BCUT2D eigenvalue weighted by atomic mass is 32.2. The van der Waals surface area contributed by atoms with E-state index in [1.807, 2.05) is 20.8 Å². The minimum atomic E-state index is -3.03. The fourth-order valence-corrected chi connectivity index (χ4v) is 5.11. The first-order valence-corrected chi connectivity index (χ1v) is 10.8. The van der Waals surface area contributed by atoms with Crippen molar-refractivity contribution in [2.75, 3.05) is 31.9 Å². The van der Waals surface area contributed by atoms with E-state index in [2.05, 4.69) is 34.5 Å². The maximum atomic E-state index is 12.2. The second-order valence-electron chi connectivity index (χ2n) is 7.74. The van der Waals surface area contributed by atoms with Crippen LogP contribution in [0.4, 0.5) is 0 Å². The Balaban J connectivity index is 1.68. The summed E-state index contributed by atoms with van der Waals surface area (Å²) in [5.41, 5.74) is 2.88. The molecule has 1 aliphatic carbocycles. The summed E-state index contributed by atoms with van der Waals surface area (Å²) in [6, 6.07) is 8.63. The van der Waals surface area contributed by atoms with Crippen LogP contribution in [0.25, 0.3) is 0 Å². The molecule has 6 heteroatoms. The Labute approximate surface area is 151 Å². The molecular weight excluding hydrogens is 334 g/mol. The van der Waals surface area contributed by atoms with E-state index in [1.54, 1.807) is 0 Å². The lowest BCUT2D eigenvalue weighted by atomic mass is 10.1. The van der Waals surface area contributed by atoms with Crippen LogP contribution in [0.1, 0.15) is 31.9 Å². The number of sulfone groups is 1. The molecule has 5 nitrogen and oxygen atoms in total. The van der Waals surface area contributed by atoms with E-state index >= 15 is 0 Å². The van der Waals surface area contributed by atoms with Gasteiger partial charge in [0.2, 0.25) is 0 Å². The molecule has 1 saturated heterocycles. The maximum absolute atomic E-state index is 12.2. The number of hydrogen-bond acceptors (Lipinski definition) is 3. The molecule has 0 unspecified atom stereocenters. The molecule has 1 fully saturated rings. The molecule has 138 valence electrons. The maximum Gasteiger partial charge on any atom is 0.194 e. The first kappa shape index (κ1) is 18.2. The van der Waals surface area contributed by atoms with Gasteiger partial charge in [0, 0.05) is 26.2 Å². The Hall–Kier alpha value is -1.56. The summed E-state index contributed by atoms with van der Waals surface area (Å²) in [6.45, 7) is 8.24. The van der Waals surface area contributed by atoms with Crippen molar-refractivity contribution >= 4 is 15.8 Å². The van der Waals surface area contributed by atoms with E-state index < -0.39 is 14.6 Å². The summed E-state index contributed by atoms with van der Waals surface area (Å²) in [5, 5.41) is 3.34. The van der Waals surface area contributed by atoms with Gasteiger partial charge in [-0.25, -0.2) is 8.42 Å². The Kier molecular flexibility index (Phi) is 5.09. The van der Waals surface area contributed by atoms with Crippen LogP contribution in [0, 0.1) is 5.92 Å². The molecule has 3 rings (SSSR count). The molecule has 25 heavy (non-hydrogen) atoms. The van der Waals surface area contributed by atoms with Gasteiger partial charge in [0.1, 0.15) is 0 Å². The van der Waals surface area contributed by atoms with Crippen molar-refractivity contribution in [1.29, 1.82) is 0 Å². The van der Waals surface area contributed by atoms with Gasteiger partial charge in [-0.1, -0.05) is 24.3 Å². The predicted octanol–water partition coefficient (Wildman–Crippen LogP) is 1.88. The quantitative estimate of drug-likeness (QED) is 0.658. The number of aliphatic imine (C=N–C) groups is 1. The Morgan fingerprint density at radius 2 is 1.92 bits per heavy atom. The van der Waals surface area contributed by atoms with Gasteiger partial charge in [-0.3, -0.25) is 4.99 Å². The minimum Gasteiger partial charge on any atom is -0.357 e. The smallest absolute Gasteiger partial charge is 0.194 e. The van der Waals surface area contributed by atoms with Crippen molar-refractivity contribution in [3.8, 4) is 0 Å². The van der Waals surface area contributed by atoms with Crippen molar-refractivity contribution in [2.24, 2.45) is 10.9 Å². The van der Waals surface area contributed by atoms with Gasteiger partial charge in [-0.2, -0.15) is 0 Å². The number of benzene rings is 1. The highest BCUT2D eigenvalue weighted by Gasteiger charge is 2.41. The first-order valence-electron chi connectivity index (χ1n) is 9.15. The van der Waals surface area contributed by atoms with Gasteiger partial charge >= 0.3 is 0 Å². The summed E-state index contributed by atoms with van der Waals surface area (Å²) in [6.07, 6.45) is 2.16. The fraction of sp³-hybridized carbons (Fsp3) is 0.632. The summed E-state index contributed by atoms with van der Waals surface area (Å²) in [5.74, 6) is 1.58. The van der Waals surface area contributed by atoms with Crippen LogP contribution >= 0.6 is 0 Å². The molecular formula is C19H29N3O2S. The summed E-state index contributed by atoms with van der Waals surface area (Å²) >= 11 is 0. The van der Waals surface area contributed by atoms with Gasteiger partial charge < -0.3 is 10.2 Å².